The summed E-state index contributed by atoms with van der Waals surface area (Å²) in [5.41, 5.74) is 2.71. The molecule has 1 aliphatic carbocycles. The first-order chi connectivity index (χ1) is 7.03. The van der Waals surface area contributed by atoms with Gasteiger partial charge in [-0.15, -0.1) is 0 Å². The van der Waals surface area contributed by atoms with E-state index < -0.39 is 5.54 Å². The molecule has 1 heterocycles. The number of carbonyl (C=O) groups is 1. The minimum Gasteiger partial charge on any atom is -0.467 e. The molecule has 0 atom stereocenters. The fourth-order valence-corrected chi connectivity index (χ4v) is 1.95. The molecule has 0 spiro atoms. The first kappa shape index (κ1) is 10.2. The Morgan fingerprint density at radius 1 is 1.40 bits per heavy atom. The monoisotopic (exact) mass is 208 g/mol. The van der Waals surface area contributed by atoms with Gasteiger partial charge < -0.3 is 4.74 Å². The van der Waals surface area contributed by atoms with Crippen LogP contribution in [0.2, 0.25) is 0 Å². The van der Waals surface area contributed by atoms with Gasteiger partial charge in [0.05, 0.1) is 12.8 Å². The molecule has 82 valence electrons. The molecule has 0 aliphatic heterocycles. The zero-order valence-corrected chi connectivity index (χ0v) is 9.63. The second-order valence-electron chi connectivity index (χ2n) is 4.23. The molecular formula is C11H16N2O2. The maximum Gasteiger partial charge on any atom is 0.333 e. The third-order valence-corrected chi connectivity index (χ3v) is 3.35. The first-order valence-electron chi connectivity index (χ1n) is 5.14. The van der Waals surface area contributed by atoms with Crippen LogP contribution in [0.3, 0.4) is 0 Å². The zero-order valence-electron chi connectivity index (χ0n) is 9.63. The van der Waals surface area contributed by atoms with Crippen molar-refractivity contribution < 1.29 is 9.53 Å². The molecule has 4 nitrogen and oxygen atoms in total. The topological polar surface area (TPSA) is 44.1 Å². The molecule has 0 N–H and O–H groups in total. The van der Waals surface area contributed by atoms with E-state index >= 15 is 0 Å². The smallest absolute Gasteiger partial charge is 0.333 e. The summed E-state index contributed by atoms with van der Waals surface area (Å²) in [4.78, 5) is 11.7. The Hall–Kier alpha value is -1.32. The number of rotatable bonds is 2. The van der Waals surface area contributed by atoms with Gasteiger partial charge >= 0.3 is 5.97 Å². The highest BCUT2D eigenvalue weighted by molar-refractivity contribution is 5.82. The van der Waals surface area contributed by atoms with Crippen LogP contribution in [0, 0.1) is 20.8 Å². The number of hydrogen-bond donors (Lipinski definition) is 0. The van der Waals surface area contributed by atoms with E-state index in [2.05, 4.69) is 5.10 Å². The summed E-state index contributed by atoms with van der Waals surface area (Å²) in [6.45, 7) is 5.99. The van der Waals surface area contributed by atoms with E-state index in [9.17, 15) is 4.79 Å². The molecule has 1 saturated carbocycles. The van der Waals surface area contributed by atoms with Crippen molar-refractivity contribution in [3.05, 3.63) is 17.0 Å². The van der Waals surface area contributed by atoms with Gasteiger partial charge in [-0.3, -0.25) is 4.68 Å². The van der Waals surface area contributed by atoms with Crippen LogP contribution in [0.4, 0.5) is 0 Å². The van der Waals surface area contributed by atoms with Gasteiger partial charge in [-0.25, -0.2) is 4.79 Å². The van der Waals surface area contributed by atoms with E-state index in [0.29, 0.717) is 0 Å². The minimum absolute atomic E-state index is 0.173. The number of esters is 1. The fourth-order valence-electron chi connectivity index (χ4n) is 1.95. The lowest BCUT2D eigenvalue weighted by Crippen LogP contribution is -2.30. The SMILES string of the molecule is COC(=O)C1(n2nc(C)c(C)c2C)CC1. The Labute approximate surface area is 89.2 Å². The largest absolute Gasteiger partial charge is 0.467 e. The molecule has 0 aromatic carbocycles. The Kier molecular flexibility index (Phi) is 2.10. The highest BCUT2D eigenvalue weighted by Gasteiger charge is 2.54. The van der Waals surface area contributed by atoms with Gasteiger partial charge in [0, 0.05) is 5.69 Å². The minimum atomic E-state index is -0.502. The maximum absolute atomic E-state index is 11.7. The Bertz CT molecular complexity index is 416. The van der Waals surface area contributed by atoms with Gasteiger partial charge in [-0.05, 0) is 39.2 Å². The number of aromatic nitrogens is 2. The number of methoxy groups -OCH3 is 1. The van der Waals surface area contributed by atoms with E-state index in [0.717, 1.165) is 29.8 Å². The first-order valence-corrected chi connectivity index (χ1v) is 5.14. The molecule has 0 radical (unpaired) electrons. The maximum atomic E-state index is 11.7. The molecule has 2 rings (SSSR count). The normalized spacial score (nSPS) is 17.6. The highest BCUT2D eigenvalue weighted by Crippen LogP contribution is 2.45. The quantitative estimate of drug-likeness (QED) is 0.691. The third-order valence-electron chi connectivity index (χ3n) is 3.35. The van der Waals surface area contributed by atoms with E-state index in [1.807, 2.05) is 25.5 Å². The second kappa shape index (κ2) is 3.08. The van der Waals surface area contributed by atoms with Gasteiger partial charge in [0.1, 0.15) is 0 Å². The summed E-state index contributed by atoms with van der Waals surface area (Å²) in [5.74, 6) is -0.173. The molecule has 1 aromatic heterocycles. The van der Waals surface area contributed by atoms with E-state index in [1.54, 1.807) is 0 Å². The number of ether oxygens (including phenoxy) is 1. The van der Waals surface area contributed by atoms with Crippen LogP contribution >= 0.6 is 0 Å². The molecule has 1 aromatic rings. The highest BCUT2D eigenvalue weighted by atomic mass is 16.5. The number of aryl methyl sites for hydroxylation is 1. The van der Waals surface area contributed by atoms with Crippen LogP contribution in [0.5, 0.6) is 0 Å². The van der Waals surface area contributed by atoms with Crippen molar-refractivity contribution in [2.45, 2.75) is 39.2 Å². The van der Waals surface area contributed by atoms with Crippen LogP contribution in [0.15, 0.2) is 0 Å². The van der Waals surface area contributed by atoms with Crippen LogP contribution in [0.25, 0.3) is 0 Å². The van der Waals surface area contributed by atoms with Crippen LogP contribution in [-0.4, -0.2) is 22.9 Å². The Balaban J connectivity index is 2.46. The van der Waals surface area contributed by atoms with Crippen LogP contribution in [-0.2, 0) is 15.1 Å². The average Bonchev–Trinajstić information content (AvgIpc) is 2.99. The lowest BCUT2D eigenvalue weighted by molar-refractivity contribution is -0.146. The second-order valence-corrected chi connectivity index (χ2v) is 4.23. The predicted octanol–water partition coefficient (Wildman–Crippen LogP) is 1.47. The fraction of sp³-hybridized carbons (Fsp3) is 0.636. The van der Waals surface area contributed by atoms with Crippen molar-refractivity contribution >= 4 is 5.97 Å². The molecule has 1 fully saturated rings. The summed E-state index contributed by atoms with van der Waals surface area (Å²) >= 11 is 0. The summed E-state index contributed by atoms with van der Waals surface area (Å²) in [7, 11) is 1.43. The predicted molar refractivity (Wildman–Crippen MR) is 55.7 cm³/mol. The number of carbonyl (C=O) groups excluding carboxylic acids is 1. The number of nitrogens with zero attached hydrogens (tertiary/aromatic N) is 2. The van der Waals surface area contributed by atoms with Gasteiger partial charge in [0.2, 0.25) is 0 Å². The third kappa shape index (κ3) is 1.28. The lowest BCUT2D eigenvalue weighted by Gasteiger charge is -2.15. The van der Waals surface area contributed by atoms with Gasteiger partial charge in [-0.2, -0.15) is 5.10 Å². The summed E-state index contributed by atoms with van der Waals surface area (Å²) in [5, 5.41) is 4.43. The molecule has 0 bridgehead atoms. The Morgan fingerprint density at radius 2 is 2.00 bits per heavy atom. The summed E-state index contributed by atoms with van der Waals surface area (Å²) in [6.07, 6.45) is 1.67. The molecule has 0 unspecified atom stereocenters. The van der Waals surface area contributed by atoms with Crippen molar-refractivity contribution in [2.75, 3.05) is 7.11 Å². The van der Waals surface area contributed by atoms with Crippen molar-refractivity contribution in [3.8, 4) is 0 Å². The Morgan fingerprint density at radius 3 is 2.33 bits per heavy atom. The molecule has 0 saturated heterocycles. The standard InChI is InChI=1S/C11H16N2O2/c1-7-8(2)12-13(9(7)3)11(5-6-11)10(14)15-4/h5-6H2,1-4H3. The van der Waals surface area contributed by atoms with E-state index in [-0.39, 0.29) is 5.97 Å². The van der Waals surface area contributed by atoms with Crippen molar-refractivity contribution in [2.24, 2.45) is 0 Å². The van der Waals surface area contributed by atoms with E-state index in [4.69, 9.17) is 4.74 Å². The summed E-state index contributed by atoms with van der Waals surface area (Å²) < 4.78 is 6.67. The average molecular weight is 208 g/mol. The van der Waals surface area contributed by atoms with Crippen molar-refractivity contribution in [1.82, 2.24) is 9.78 Å². The van der Waals surface area contributed by atoms with Gasteiger partial charge in [0.25, 0.3) is 0 Å². The summed E-state index contributed by atoms with van der Waals surface area (Å²) in [6, 6.07) is 0. The van der Waals surface area contributed by atoms with Gasteiger partial charge in [-0.1, -0.05) is 0 Å². The number of hydrogen-bond acceptors (Lipinski definition) is 3. The van der Waals surface area contributed by atoms with Crippen LogP contribution in [0.1, 0.15) is 29.8 Å². The molecule has 15 heavy (non-hydrogen) atoms. The molecule has 4 heteroatoms. The molecular weight excluding hydrogens is 192 g/mol. The van der Waals surface area contributed by atoms with Crippen molar-refractivity contribution in [1.29, 1.82) is 0 Å². The molecule has 0 amide bonds. The lowest BCUT2D eigenvalue weighted by atomic mass is 10.2. The zero-order chi connectivity index (χ0) is 11.2. The van der Waals surface area contributed by atoms with Gasteiger partial charge in [0.15, 0.2) is 5.54 Å². The van der Waals surface area contributed by atoms with E-state index in [1.165, 1.54) is 7.11 Å². The van der Waals surface area contributed by atoms with Crippen molar-refractivity contribution in [3.63, 3.8) is 0 Å². The molecule has 1 aliphatic rings. The van der Waals surface area contributed by atoms with Crippen LogP contribution < -0.4 is 0 Å².